The molecular formula is C16H22N2O3S. The van der Waals surface area contributed by atoms with Gasteiger partial charge < -0.3 is 15.3 Å². The van der Waals surface area contributed by atoms with Crippen LogP contribution >= 0.6 is 11.3 Å². The highest BCUT2D eigenvalue weighted by Gasteiger charge is 2.36. The van der Waals surface area contributed by atoms with Crippen molar-refractivity contribution < 1.29 is 14.7 Å². The Kier molecular flexibility index (Phi) is 4.78. The van der Waals surface area contributed by atoms with E-state index in [-0.39, 0.29) is 23.9 Å². The van der Waals surface area contributed by atoms with Gasteiger partial charge in [0.1, 0.15) is 6.04 Å². The fraction of sp³-hybridized carbons (Fsp3) is 0.625. The van der Waals surface area contributed by atoms with Gasteiger partial charge in [-0.3, -0.25) is 9.59 Å². The fourth-order valence-corrected chi connectivity index (χ4v) is 4.09. The Bertz CT molecular complexity index is 532. The van der Waals surface area contributed by atoms with Crippen LogP contribution in [0.25, 0.3) is 0 Å². The Labute approximate surface area is 134 Å². The molecule has 1 saturated heterocycles. The van der Waals surface area contributed by atoms with Crippen molar-refractivity contribution in [1.29, 1.82) is 0 Å². The number of hydrogen-bond donors (Lipinski definition) is 2. The van der Waals surface area contributed by atoms with E-state index >= 15 is 0 Å². The predicted octanol–water partition coefficient (Wildman–Crippen LogP) is 1.31. The van der Waals surface area contributed by atoms with Crippen LogP contribution in [0, 0.1) is 0 Å². The zero-order chi connectivity index (χ0) is 15.5. The highest BCUT2D eigenvalue weighted by atomic mass is 32.1. The second-order valence-corrected chi connectivity index (χ2v) is 7.15. The molecule has 5 nitrogen and oxygen atoms in total. The molecule has 1 aliphatic carbocycles. The Hall–Kier alpha value is -1.40. The summed E-state index contributed by atoms with van der Waals surface area (Å²) in [7, 11) is 0. The van der Waals surface area contributed by atoms with Crippen molar-refractivity contribution in [2.24, 2.45) is 0 Å². The van der Waals surface area contributed by atoms with Crippen LogP contribution in [0.4, 0.5) is 0 Å². The van der Waals surface area contributed by atoms with E-state index in [1.807, 2.05) is 17.5 Å². The van der Waals surface area contributed by atoms with Gasteiger partial charge in [-0.05, 0) is 43.6 Å². The molecule has 3 atom stereocenters. The topological polar surface area (TPSA) is 69.6 Å². The minimum atomic E-state index is -0.444. The van der Waals surface area contributed by atoms with E-state index < -0.39 is 6.10 Å². The quantitative estimate of drug-likeness (QED) is 0.878. The van der Waals surface area contributed by atoms with Gasteiger partial charge in [0.15, 0.2) is 0 Å². The van der Waals surface area contributed by atoms with Gasteiger partial charge in [-0.1, -0.05) is 6.07 Å². The van der Waals surface area contributed by atoms with Crippen molar-refractivity contribution in [2.75, 3.05) is 6.54 Å². The Morgan fingerprint density at radius 1 is 1.32 bits per heavy atom. The predicted molar refractivity (Wildman–Crippen MR) is 84.5 cm³/mol. The maximum atomic E-state index is 12.5. The van der Waals surface area contributed by atoms with Gasteiger partial charge in [0.2, 0.25) is 11.8 Å². The molecule has 2 aliphatic rings. The number of amides is 2. The van der Waals surface area contributed by atoms with Gasteiger partial charge in [0.25, 0.3) is 0 Å². The van der Waals surface area contributed by atoms with Crippen molar-refractivity contribution in [3.8, 4) is 0 Å². The number of carbonyl (C=O) groups is 2. The van der Waals surface area contributed by atoms with Gasteiger partial charge in [-0.2, -0.15) is 0 Å². The molecule has 2 fully saturated rings. The lowest BCUT2D eigenvalue weighted by atomic mass is 10.1. The second kappa shape index (κ2) is 6.79. The van der Waals surface area contributed by atoms with Crippen LogP contribution in [-0.4, -0.2) is 46.6 Å². The van der Waals surface area contributed by atoms with Crippen molar-refractivity contribution in [2.45, 2.75) is 56.7 Å². The summed E-state index contributed by atoms with van der Waals surface area (Å²) in [6, 6.07) is 3.36. The van der Waals surface area contributed by atoms with Crippen molar-refractivity contribution in [1.82, 2.24) is 10.2 Å². The molecule has 1 saturated carbocycles. The largest absolute Gasteiger partial charge is 0.391 e. The molecule has 2 N–H and O–H groups in total. The average molecular weight is 322 g/mol. The summed E-state index contributed by atoms with van der Waals surface area (Å²) < 4.78 is 0. The molecule has 3 rings (SSSR count). The number of nitrogens with zero attached hydrogens (tertiary/aromatic N) is 1. The summed E-state index contributed by atoms with van der Waals surface area (Å²) in [5.41, 5.74) is 0. The minimum Gasteiger partial charge on any atom is -0.391 e. The maximum absolute atomic E-state index is 12.5. The summed E-state index contributed by atoms with van der Waals surface area (Å²) in [5.74, 6) is -0.0879. The number of thiophene rings is 1. The van der Waals surface area contributed by atoms with Gasteiger partial charge in [0, 0.05) is 11.4 Å². The number of aliphatic hydroxyl groups excluding tert-OH is 1. The molecule has 1 aliphatic heterocycles. The van der Waals surface area contributed by atoms with Gasteiger partial charge in [0.05, 0.1) is 18.6 Å². The first-order valence-corrected chi connectivity index (χ1v) is 8.83. The lowest BCUT2D eigenvalue weighted by molar-refractivity contribution is -0.138. The van der Waals surface area contributed by atoms with Gasteiger partial charge in [-0.25, -0.2) is 0 Å². The number of hydrogen-bond acceptors (Lipinski definition) is 4. The summed E-state index contributed by atoms with van der Waals surface area (Å²) in [6.45, 7) is 0.648. The van der Waals surface area contributed by atoms with E-state index in [1.165, 1.54) is 0 Å². The van der Waals surface area contributed by atoms with Crippen LogP contribution in [0.1, 0.15) is 37.0 Å². The third kappa shape index (κ3) is 3.33. The highest BCUT2D eigenvalue weighted by molar-refractivity contribution is 7.10. The van der Waals surface area contributed by atoms with Gasteiger partial charge in [-0.15, -0.1) is 11.3 Å². The number of likely N-dealkylation sites (tertiary alicyclic amines) is 1. The third-order valence-corrected chi connectivity index (χ3v) is 5.46. The molecule has 2 heterocycles. The van der Waals surface area contributed by atoms with E-state index in [4.69, 9.17) is 0 Å². The van der Waals surface area contributed by atoms with Crippen LogP contribution in [-0.2, 0) is 16.0 Å². The molecule has 6 heteroatoms. The molecule has 3 unspecified atom stereocenters. The number of carbonyl (C=O) groups excluding carboxylic acids is 2. The number of nitrogens with one attached hydrogen (secondary N) is 1. The molecule has 120 valence electrons. The summed E-state index contributed by atoms with van der Waals surface area (Å²) >= 11 is 1.57. The highest BCUT2D eigenvalue weighted by Crippen LogP contribution is 2.23. The third-order valence-electron chi connectivity index (χ3n) is 4.59. The molecule has 0 spiro atoms. The SMILES string of the molecule is O=C(NC1CCCC1O)C1CCCN1C(=O)Cc1cccs1. The molecule has 0 aromatic carbocycles. The van der Waals surface area contributed by atoms with Crippen LogP contribution in [0.2, 0.25) is 0 Å². The second-order valence-electron chi connectivity index (χ2n) is 6.11. The lowest BCUT2D eigenvalue weighted by Gasteiger charge is -2.26. The van der Waals surface area contributed by atoms with E-state index in [0.717, 1.165) is 30.6 Å². The zero-order valence-corrected chi connectivity index (χ0v) is 13.3. The number of rotatable bonds is 4. The molecule has 0 bridgehead atoms. The van der Waals surface area contributed by atoms with Crippen molar-refractivity contribution in [3.63, 3.8) is 0 Å². The summed E-state index contributed by atoms with van der Waals surface area (Å²) in [6.07, 6.45) is 4.01. The fourth-order valence-electron chi connectivity index (χ4n) is 3.39. The van der Waals surface area contributed by atoms with Gasteiger partial charge >= 0.3 is 0 Å². The van der Waals surface area contributed by atoms with Crippen LogP contribution in [0.15, 0.2) is 17.5 Å². The van der Waals surface area contributed by atoms with Crippen molar-refractivity contribution >= 4 is 23.2 Å². The summed E-state index contributed by atoms with van der Waals surface area (Å²) in [5, 5.41) is 14.7. The monoisotopic (exact) mass is 322 g/mol. The molecule has 22 heavy (non-hydrogen) atoms. The molecular weight excluding hydrogens is 300 g/mol. The first kappa shape index (κ1) is 15.5. The first-order chi connectivity index (χ1) is 10.6. The van der Waals surface area contributed by atoms with Crippen LogP contribution < -0.4 is 5.32 Å². The normalized spacial score (nSPS) is 28.0. The van der Waals surface area contributed by atoms with Crippen LogP contribution in [0.5, 0.6) is 0 Å². The zero-order valence-electron chi connectivity index (χ0n) is 12.5. The van der Waals surface area contributed by atoms with E-state index in [1.54, 1.807) is 16.2 Å². The van der Waals surface area contributed by atoms with Crippen LogP contribution in [0.3, 0.4) is 0 Å². The Morgan fingerprint density at radius 2 is 2.18 bits per heavy atom. The maximum Gasteiger partial charge on any atom is 0.243 e. The van der Waals surface area contributed by atoms with E-state index in [0.29, 0.717) is 19.4 Å². The molecule has 2 amide bonds. The Balaban J connectivity index is 1.59. The Morgan fingerprint density at radius 3 is 2.86 bits per heavy atom. The first-order valence-electron chi connectivity index (χ1n) is 7.95. The smallest absolute Gasteiger partial charge is 0.243 e. The molecule has 1 aromatic heterocycles. The van der Waals surface area contributed by atoms with Crippen molar-refractivity contribution in [3.05, 3.63) is 22.4 Å². The van der Waals surface area contributed by atoms with E-state index in [2.05, 4.69) is 5.32 Å². The van der Waals surface area contributed by atoms with E-state index in [9.17, 15) is 14.7 Å². The summed E-state index contributed by atoms with van der Waals surface area (Å²) in [4.78, 5) is 27.6. The minimum absolute atomic E-state index is 0.0204. The standard InChI is InChI=1S/C16H22N2O3S/c19-14-7-1-5-12(14)17-16(21)13-6-2-8-18(13)15(20)10-11-4-3-9-22-11/h3-4,9,12-14,19H,1-2,5-8,10H2,(H,17,21). The molecule has 0 radical (unpaired) electrons. The lowest BCUT2D eigenvalue weighted by Crippen LogP contribution is -2.50. The molecule has 1 aromatic rings. The number of aliphatic hydroxyl groups is 1. The average Bonchev–Trinajstić information content (AvgIpc) is 3.21.